The van der Waals surface area contributed by atoms with Crippen LogP contribution < -0.4 is 4.74 Å². The Kier molecular flexibility index (Phi) is 4.99. The quantitative estimate of drug-likeness (QED) is 0.609. The van der Waals surface area contributed by atoms with Gasteiger partial charge < -0.3 is 9.64 Å². The Bertz CT molecular complexity index is 1080. The van der Waals surface area contributed by atoms with Gasteiger partial charge >= 0.3 is 0 Å². The lowest BCUT2D eigenvalue weighted by molar-refractivity contribution is 0.0719. The van der Waals surface area contributed by atoms with Gasteiger partial charge in [0.15, 0.2) is 6.61 Å². The predicted octanol–water partition coefficient (Wildman–Crippen LogP) is 3.19. The zero-order valence-electron chi connectivity index (χ0n) is 15.5. The molecule has 0 fully saturated rings. The average molecular weight is 423 g/mol. The van der Waals surface area contributed by atoms with Crippen LogP contribution >= 0.6 is 11.3 Å². The van der Waals surface area contributed by atoms with E-state index in [9.17, 15) is 18.0 Å². The fraction of sp³-hybridized carbons (Fsp3) is 0.333. The van der Waals surface area contributed by atoms with Crippen molar-refractivity contribution in [2.75, 3.05) is 6.61 Å². The molecule has 4 heterocycles. The molecule has 0 bridgehead atoms. The predicted molar refractivity (Wildman–Crippen MR) is 98.3 cm³/mol. The summed E-state index contributed by atoms with van der Waals surface area (Å²) in [5.74, 6) is -1.07. The normalized spacial score (nSPS) is 13.4. The smallest absolute Gasteiger partial charge is 0.272 e. The van der Waals surface area contributed by atoms with Gasteiger partial charge in [0.25, 0.3) is 12.3 Å². The van der Waals surface area contributed by atoms with Crippen molar-refractivity contribution < 1.29 is 22.7 Å². The van der Waals surface area contributed by atoms with E-state index in [1.54, 1.807) is 11.7 Å². The molecule has 152 valence electrons. The van der Waals surface area contributed by atoms with E-state index in [1.807, 2.05) is 13.1 Å². The molecule has 29 heavy (non-hydrogen) atoms. The first-order chi connectivity index (χ1) is 13.8. The molecular weight excluding hydrogens is 407 g/mol. The van der Waals surface area contributed by atoms with E-state index in [0.717, 1.165) is 17.6 Å². The van der Waals surface area contributed by atoms with Crippen LogP contribution in [0.25, 0.3) is 10.4 Å². The van der Waals surface area contributed by atoms with Crippen molar-refractivity contribution in [1.82, 2.24) is 24.6 Å². The van der Waals surface area contributed by atoms with Crippen molar-refractivity contribution in [2.45, 2.75) is 26.4 Å². The summed E-state index contributed by atoms with van der Waals surface area (Å²) in [6.45, 7) is 1.12. The highest BCUT2D eigenvalue weighted by Crippen LogP contribution is 2.35. The molecule has 3 aromatic rings. The highest BCUT2D eigenvalue weighted by atomic mass is 32.1. The first-order valence-corrected chi connectivity index (χ1v) is 9.48. The molecule has 11 heteroatoms. The molecular formula is C18H16F3N5O2S. The first kappa shape index (κ1) is 19.4. The minimum atomic E-state index is -2.69. The standard InChI is InChI=1S/C18H16F3N5O2S/c1-9-10(4-25(2)24-9)13-3-11(19)14(29-13)6-26-5-12-16(18(26)27)17(23-8-22-12)28-7-15(20)21/h3-4,8,15H,5-7H2,1-2H3. The van der Waals surface area contributed by atoms with Crippen LogP contribution in [0.1, 0.15) is 26.6 Å². The number of rotatable bonds is 6. The Morgan fingerprint density at radius 3 is 2.83 bits per heavy atom. The van der Waals surface area contributed by atoms with Crippen molar-refractivity contribution in [3.8, 4) is 16.3 Å². The van der Waals surface area contributed by atoms with Crippen molar-refractivity contribution in [2.24, 2.45) is 7.05 Å². The number of fused-ring (bicyclic) bond motifs is 1. The molecule has 0 aromatic carbocycles. The van der Waals surface area contributed by atoms with E-state index >= 15 is 0 Å². The van der Waals surface area contributed by atoms with Gasteiger partial charge in [-0.2, -0.15) is 5.10 Å². The second-order valence-electron chi connectivity index (χ2n) is 6.55. The molecule has 0 saturated carbocycles. The van der Waals surface area contributed by atoms with Gasteiger partial charge in [-0.05, 0) is 13.0 Å². The summed E-state index contributed by atoms with van der Waals surface area (Å²) >= 11 is 1.24. The third kappa shape index (κ3) is 3.69. The second-order valence-corrected chi connectivity index (χ2v) is 7.68. The lowest BCUT2D eigenvalue weighted by Gasteiger charge is -2.14. The van der Waals surface area contributed by atoms with Crippen LogP contribution in [-0.2, 0) is 20.1 Å². The lowest BCUT2D eigenvalue weighted by Crippen LogP contribution is -2.23. The van der Waals surface area contributed by atoms with Crippen LogP contribution in [0.4, 0.5) is 13.2 Å². The highest BCUT2D eigenvalue weighted by molar-refractivity contribution is 7.15. The van der Waals surface area contributed by atoms with Crippen LogP contribution in [0.5, 0.6) is 5.88 Å². The summed E-state index contributed by atoms with van der Waals surface area (Å²) in [5.41, 5.74) is 2.02. The Morgan fingerprint density at radius 1 is 1.34 bits per heavy atom. The number of thiophene rings is 1. The van der Waals surface area contributed by atoms with E-state index < -0.39 is 24.8 Å². The summed E-state index contributed by atoms with van der Waals surface area (Å²) in [4.78, 5) is 23.1. The number of carbonyl (C=O) groups excluding carboxylic acids is 1. The molecule has 4 rings (SSSR count). The fourth-order valence-electron chi connectivity index (χ4n) is 3.19. The number of ether oxygens (including phenoxy) is 1. The number of amides is 1. The zero-order valence-corrected chi connectivity index (χ0v) is 16.3. The maximum absolute atomic E-state index is 14.5. The molecule has 0 spiro atoms. The van der Waals surface area contributed by atoms with Crippen molar-refractivity contribution in [3.05, 3.63) is 46.2 Å². The summed E-state index contributed by atoms with van der Waals surface area (Å²) in [5, 5.41) is 4.26. The van der Waals surface area contributed by atoms with E-state index in [4.69, 9.17) is 4.74 Å². The van der Waals surface area contributed by atoms with Crippen molar-refractivity contribution >= 4 is 17.2 Å². The summed E-state index contributed by atoms with van der Waals surface area (Å²) in [6.07, 6.45) is 0.275. The highest BCUT2D eigenvalue weighted by Gasteiger charge is 2.34. The Balaban J connectivity index is 1.56. The molecule has 1 aliphatic heterocycles. The molecule has 0 radical (unpaired) electrons. The maximum Gasteiger partial charge on any atom is 0.272 e. The number of carbonyl (C=O) groups is 1. The molecule has 0 aliphatic carbocycles. The zero-order chi connectivity index (χ0) is 20.7. The molecule has 3 aromatic heterocycles. The van der Waals surface area contributed by atoms with Gasteiger partial charge in [0.1, 0.15) is 17.7 Å². The van der Waals surface area contributed by atoms with Gasteiger partial charge in [0, 0.05) is 23.7 Å². The third-order valence-electron chi connectivity index (χ3n) is 4.45. The maximum atomic E-state index is 14.5. The van der Waals surface area contributed by atoms with Gasteiger partial charge in [-0.3, -0.25) is 9.48 Å². The number of hydrogen-bond donors (Lipinski definition) is 0. The van der Waals surface area contributed by atoms with Gasteiger partial charge in [-0.25, -0.2) is 23.1 Å². The molecule has 1 amide bonds. The first-order valence-electron chi connectivity index (χ1n) is 8.66. The molecule has 0 saturated heterocycles. The van der Waals surface area contributed by atoms with Gasteiger partial charge in [-0.1, -0.05) is 0 Å². The summed E-state index contributed by atoms with van der Waals surface area (Å²) < 4.78 is 46.0. The average Bonchev–Trinajstić information content (AvgIpc) is 3.30. The number of alkyl halides is 2. The minimum absolute atomic E-state index is 0.0271. The van der Waals surface area contributed by atoms with Crippen molar-refractivity contribution in [1.29, 1.82) is 0 Å². The number of hydrogen-bond acceptors (Lipinski definition) is 6. The Hall–Kier alpha value is -2.95. The van der Waals surface area contributed by atoms with Gasteiger partial charge in [-0.15, -0.1) is 11.3 Å². The Morgan fingerprint density at radius 2 is 2.14 bits per heavy atom. The number of aryl methyl sites for hydroxylation is 2. The molecule has 0 N–H and O–H groups in total. The molecule has 0 unspecified atom stereocenters. The Labute approximate surface area is 167 Å². The SMILES string of the molecule is Cc1nn(C)cc1-c1cc(F)c(CN2Cc3ncnc(OCC(F)F)c3C2=O)s1. The minimum Gasteiger partial charge on any atom is -0.471 e. The van der Waals surface area contributed by atoms with Crippen LogP contribution in [-0.4, -0.2) is 43.6 Å². The van der Waals surface area contributed by atoms with E-state index in [-0.39, 0.29) is 24.5 Å². The number of nitrogens with zero attached hydrogens (tertiary/aromatic N) is 5. The fourth-order valence-corrected chi connectivity index (χ4v) is 4.31. The van der Waals surface area contributed by atoms with Crippen molar-refractivity contribution in [3.63, 3.8) is 0 Å². The van der Waals surface area contributed by atoms with Crippen LogP contribution in [0.15, 0.2) is 18.6 Å². The number of aromatic nitrogens is 4. The van der Waals surface area contributed by atoms with E-state index in [0.29, 0.717) is 15.4 Å². The molecule has 0 atom stereocenters. The van der Waals surface area contributed by atoms with Crippen LogP contribution in [0.2, 0.25) is 0 Å². The van der Waals surface area contributed by atoms with Crippen LogP contribution in [0.3, 0.4) is 0 Å². The van der Waals surface area contributed by atoms with Gasteiger partial charge in [0.05, 0.1) is 29.4 Å². The van der Waals surface area contributed by atoms with E-state index in [2.05, 4.69) is 15.1 Å². The molecule has 1 aliphatic rings. The van der Waals surface area contributed by atoms with Crippen LogP contribution in [0, 0.1) is 12.7 Å². The lowest BCUT2D eigenvalue weighted by atomic mass is 10.2. The summed E-state index contributed by atoms with van der Waals surface area (Å²) in [7, 11) is 1.79. The van der Waals surface area contributed by atoms with Gasteiger partial charge in [0.2, 0.25) is 5.88 Å². The molecule has 7 nitrogen and oxygen atoms in total. The monoisotopic (exact) mass is 423 g/mol. The second kappa shape index (κ2) is 7.47. The summed E-state index contributed by atoms with van der Waals surface area (Å²) in [6, 6.07) is 1.43. The number of halogens is 3. The van der Waals surface area contributed by atoms with E-state index in [1.165, 1.54) is 22.3 Å². The third-order valence-corrected chi connectivity index (χ3v) is 5.58. The largest absolute Gasteiger partial charge is 0.471 e. The topological polar surface area (TPSA) is 73.1 Å².